The molecule has 4 unspecified atom stereocenters. The Bertz CT molecular complexity index is 194. The fourth-order valence-corrected chi connectivity index (χ4v) is 1.84. The van der Waals surface area contributed by atoms with Crippen molar-refractivity contribution in [3.63, 3.8) is 0 Å². The van der Waals surface area contributed by atoms with Crippen LogP contribution in [0.4, 0.5) is 0 Å². The Balaban J connectivity index is 2.39. The third-order valence-corrected chi connectivity index (χ3v) is 3.76. The molecule has 4 atom stereocenters. The maximum atomic E-state index is 9.58. The van der Waals surface area contributed by atoms with Crippen LogP contribution in [0.5, 0.6) is 0 Å². The van der Waals surface area contributed by atoms with Crippen molar-refractivity contribution in [2.24, 2.45) is 5.41 Å². The summed E-state index contributed by atoms with van der Waals surface area (Å²) in [6, 6.07) is 0.738. The van der Waals surface area contributed by atoms with Gasteiger partial charge in [-0.15, -0.1) is 0 Å². The first-order valence-electron chi connectivity index (χ1n) is 5.36. The van der Waals surface area contributed by atoms with Crippen LogP contribution in [-0.2, 0) is 4.74 Å². The second kappa shape index (κ2) is 4.17. The Morgan fingerprint density at radius 3 is 2.36 bits per heavy atom. The molecule has 1 saturated carbocycles. The van der Waals surface area contributed by atoms with E-state index in [1.54, 1.807) is 7.11 Å². The molecule has 3 nitrogen and oxygen atoms in total. The van der Waals surface area contributed by atoms with Gasteiger partial charge in [-0.25, -0.2) is 0 Å². The second-order valence-corrected chi connectivity index (χ2v) is 5.02. The van der Waals surface area contributed by atoms with Gasteiger partial charge in [0.15, 0.2) is 0 Å². The summed E-state index contributed by atoms with van der Waals surface area (Å²) in [7, 11) is 1.73. The fraction of sp³-hybridized carbons (Fsp3) is 1.00. The van der Waals surface area contributed by atoms with Crippen LogP contribution in [0.2, 0.25) is 0 Å². The summed E-state index contributed by atoms with van der Waals surface area (Å²) in [5, 5.41) is 13.1. The second-order valence-electron chi connectivity index (χ2n) is 5.02. The summed E-state index contributed by atoms with van der Waals surface area (Å²) in [6.07, 6.45) is 0.905. The number of nitrogens with one attached hydrogen (secondary N) is 1. The maximum Gasteiger partial charge on any atom is 0.0693 e. The summed E-state index contributed by atoms with van der Waals surface area (Å²) in [6.45, 7) is 8.38. The molecule has 84 valence electrons. The van der Waals surface area contributed by atoms with Crippen LogP contribution in [0.3, 0.4) is 0 Å². The lowest BCUT2D eigenvalue weighted by Crippen LogP contribution is -2.62. The van der Waals surface area contributed by atoms with Gasteiger partial charge in [-0.1, -0.05) is 13.8 Å². The SMILES string of the molecule is COC(C)C(C)NC1CC(O)C1(C)C. The predicted molar refractivity (Wildman–Crippen MR) is 57.3 cm³/mol. The Labute approximate surface area is 86.8 Å². The van der Waals surface area contributed by atoms with E-state index in [1.165, 1.54) is 0 Å². The van der Waals surface area contributed by atoms with Crippen molar-refractivity contribution in [3.8, 4) is 0 Å². The van der Waals surface area contributed by atoms with Crippen LogP contribution >= 0.6 is 0 Å². The number of aliphatic hydroxyl groups is 1. The number of hydrogen-bond donors (Lipinski definition) is 2. The number of hydrogen-bond acceptors (Lipinski definition) is 3. The fourth-order valence-electron chi connectivity index (χ4n) is 1.84. The molecule has 0 heterocycles. The van der Waals surface area contributed by atoms with Gasteiger partial charge in [-0.05, 0) is 20.3 Å². The molecule has 0 saturated heterocycles. The van der Waals surface area contributed by atoms with Gasteiger partial charge in [-0.2, -0.15) is 0 Å². The van der Waals surface area contributed by atoms with E-state index in [1.807, 2.05) is 0 Å². The first-order valence-corrected chi connectivity index (χ1v) is 5.36. The van der Waals surface area contributed by atoms with Crippen LogP contribution in [-0.4, -0.2) is 36.5 Å². The first-order chi connectivity index (χ1) is 6.39. The van der Waals surface area contributed by atoms with E-state index < -0.39 is 0 Å². The molecule has 2 N–H and O–H groups in total. The lowest BCUT2D eigenvalue weighted by Gasteiger charge is -2.51. The highest BCUT2D eigenvalue weighted by Gasteiger charge is 2.47. The zero-order chi connectivity index (χ0) is 10.9. The van der Waals surface area contributed by atoms with Gasteiger partial charge in [0.2, 0.25) is 0 Å². The molecule has 14 heavy (non-hydrogen) atoms. The summed E-state index contributed by atoms with van der Waals surface area (Å²) in [5.74, 6) is 0. The molecule has 1 aliphatic rings. The van der Waals surface area contributed by atoms with E-state index in [2.05, 4.69) is 33.0 Å². The Hall–Kier alpha value is -0.120. The summed E-state index contributed by atoms with van der Waals surface area (Å²) < 4.78 is 5.25. The topological polar surface area (TPSA) is 41.5 Å². The predicted octanol–water partition coefficient (Wildman–Crippen LogP) is 1.16. The van der Waals surface area contributed by atoms with Gasteiger partial charge in [0.05, 0.1) is 12.2 Å². The molecule has 0 aromatic carbocycles. The molecule has 1 fully saturated rings. The van der Waals surface area contributed by atoms with Crippen LogP contribution in [0, 0.1) is 5.41 Å². The van der Waals surface area contributed by atoms with E-state index in [0.29, 0.717) is 12.1 Å². The quantitative estimate of drug-likeness (QED) is 0.717. The smallest absolute Gasteiger partial charge is 0.0693 e. The van der Waals surface area contributed by atoms with Crippen LogP contribution in [0.1, 0.15) is 34.1 Å². The lowest BCUT2D eigenvalue weighted by atomic mass is 9.64. The van der Waals surface area contributed by atoms with Gasteiger partial charge in [0.25, 0.3) is 0 Å². The summed E-state index contributed by atoms with van der Waals surface area (Å²) in [5.41, 5.74) is 0.00171. The van der Waals surface area contributed by atoms with Crippen molar-refractivity contribution >= 4 is 0 Å². The maximum absolute atomic E-state index is 9.58. The van der Waals surface area contributed by atoms with E-state index >= 15 is 0 Å². The highest BCUT2D eigenvalue weighted by molar-refractivity contribution is 5.02. The van der Waals surface area contributed by atoms with E-state index in [0.717, 1.165) is 6.42 Å². The first kappa shape index (κ1) is 12.0. The Morgan fingerprint density at radius 1 is 1.43 bits per heavy atom. The highest BCUT2D eigenvalue weighted by atomic mass is 16.5. The number of ether oxygens (including phenoxy) is 1. The van der Waals surface area contributed by atoms with Crippen molar-refractivity contribution in [3.05, 3.63) is 0 Å². The van der Waals surface area contributed by atoms with Gasteiger partial charge in [0.1, 0.15) is 0 Å². The molecule has 0 amide bonds. The molecule has 3 heteroatoms. The molecule has 0 aliphatic heterocycles. The molecular formula is C11H23NO2. The van der Waals surface area contributed by atoms with Crippen molar-refractivity contribution in [1.29, 1.82) is 0 Å². The van der Waals surface area contributed by atoms with Gasteiger partial charge < -0.3 is 15.2 Å². The molecule has 0 bridgehead atoms. The van der Waals surface area contributed by atoms with E-state index in [4.69, 9.17) is 4.74 Å². The minimum Gasteiger partial charge on any atom is -0.392 e. The average Bonchev–Trinajstić information content (AvgIpc) is 2.16. The van der Waals surface area contributed by atoms with Crippen molar-refractivity contribution in [2.75, 3.05) is 7.11 Å². The minimum absolute atomic E-state index is 0.00171. The Kier molecular flexibility index (Phi) is 3.56. The Morgan fingerprint density at radius 2 is 2.00 bits per heavy atom. The molecule has 0 radical (unpaired) electrons. The molecule has 0 aromatic heterocycles. The van der Waals surface area contributed by atoms with Crippen LogP contribution in [0.15, 0.2) is 0 Å². The average molecular weight is 201 g/mol. The van der Waals surface area contributed by atoms with E-state index in [9.17, 15) is 5.11 Å². The monoisotopic (exact) mass is 201 g/mol. The molecular weight excluding hydrogens is 178 g/mol. The zero-order valence-electron chi connectivity index (χ0n) is 9.87. The van der Waals surface area contributed by atoms with Gasteiger partial charge in [0, 0.05) is 24.6 Å². The van der Waals surface area contributed by atoms with Crippen molar-refractivity contribution in [2.45, 2.75) is 58.4 Å². The van der Waals surface area contributed by atoms with Crippen LogP contribution < -0.4 is 5.32 Å². The van der Waals surface area contributed by atoms with Gasteiger partial charge in [-0.3, -0.25) is 0 Å². The third kappa shape index (κ3) is 2.10. The number of methoxy groups -OCH3 is 1. The zero-order valence-corrected chi connectivity index (χ0v) is 9.87. The number of aliphatic hydroxyl groups excluding tert-OH is 1. The molecule has 1 rings (SSSR count). The summed E-state index contributed by atoms with van der Waals surface area (Å²) in [4.78, 5) is 0. The van der Waals surface area contributed by atoms with Crippen molar-refractivity contribution < 1.29 is 9.84 Å². The third-order valence-electron chi connectivity index (χ3n) is 3.76. The molecule has 0 spiro atoms. The molecule has 0 aromatic rings. The minimum atomic E-state index is -0.162. The molecule has 1 aliphatic carbocycles. The highest BCUT2D eigenvalue weighted by Crippen LogP contribution is 2.40. The van der Waals surface area contributed by atoms with Crippen LogP contribution in [0.25, 0.3) is 0 Å². The largest absolute Gasteiger partial charge is 0.392 e. The lowest BCUT2D eigenvalue weighted by molar-refractivity contribution is -0.0805. The van der Waals surface area contributed by atoms with E-state index in [-0.39, 0.29) is 17.6 Å². The van der Waals surface area contributed by atoms with Crippen molar-refractivity contribution in [1.82, 2.24) is 5.32 Å². The summed E-state index contributed by atoms with van der Waals surface area (Å²) >= 11 is 0. The number of rotatable bonds is 4. The standard InChI is InChI=1S/C11H23NO2/c1-7(8(2)14-5)12-9-6-10(13)11(9,3)4/h7-10,12-13H,6H2,1-5H3. The van der Waals surface area contributed by atoms with Gasteiger partial charge >= 0.3 is 0 Å². The normalized spacial score (nSPS) is 34.7.